The Hall–Kier alpha value is -1.80. The summed E-state index contributed by atoms with van der Waals surface area (Å²) in [5, 5.41) is 5.46. The molecule has 1 aromatic carbocycles. The van der Waals surface area contributed by atoms with Crippen molar-refractivity contribution in [2.75, 3.05) is 18.5 Å². The van der Waals surface area contributed by atoms with Crippen LogP contribution in [0.4, 0.5) is 18.9 Å². The fourth-order valence-electron chi connectivity index (χ4n) is 3.29. The van der Waals surface area contributed by atoms with Gasteiger partial charge in [-0.3, -0.25) is 9.59 Å². The van der Waals surface area contributed by atoms with Crippen molar-refractivity contribution >= 4 is 29.1 Å². The maximum Gasteiger partial charge on any atom is 0.400 e. The van der Waals surface area contributed by atoms with E-state index in [9.17, 15) is 22.8 Å². The van der Waals surface area contributed by atoms with Gasteiger partial charge in [0.1, 0.15) is 12.0 Å². The van der Waals surface area contributed by atoms with Crippen LogP contribution in [0.1, 0.15) is 46.1 Å². The molecular weight excluding hydrogens is 421 g/mol. The summed E-state index contributed by atoms with van der Waals surface area (Å²) in [5.74, 6) is -4.35. The molecule has 2 amide bonds. The first kappa shape index (κ1) is 24.5. The Morgan fingerprint density at radius 3 is 2.23 bits per heavy atom. The van der Waals surface area contributed by atoms with Crippen LogP contribution in [0.3, 0.4) is 0 Å². The quantitative estimate of drug-likeness (QED) is 0.687. The van der Waals surface area contributed by atoms with Gasteiger partial charge in [-0.15, -0.1) is 0 Å². The van der Waals surface area contributed by atoms with Crippen molar-refractivity contribution in [3.05, 3.63) is 28.8 Å². The van der Waals surface area contributed by atoms with Gasteiger partial charge in [0.15, 0.2) is 0 Å². The minimum Gasteiger partial charge on any atom is -0.381 e. The maximum atomic E-state index is 12.9. The number of rotatable bonds is 5. The van der Waals surface area contributed by atoms with Gasteiger partial charge < -0.3 is 15.4 Å². The van der Waals surface area contributed by atoms with Crippen LogP contribution in [0, 0.1) is 11.8 Å². The Balaban J connectivity index is 2.20. The summed E-state index contributed by atoms with van der Waals surface area (Å²) in [5.41, 5.74) is 1.12. The molecule has 2 N–H and O–H groups in total. The molecule has 2 unspecified atom stereocenters. The van der Waals surface area contributed by atoms with Gasteiger partial charge in [-0.25, -0.2) is 0 Å². The van der Waals surface area contributed by atoms with Gasteiger partial charge in [-0.2, -0.15) is 13.2 Å². The summed E-state index contributed by atoms with van der Waals surface area (Å²) in [4.78, 5) is 25.1. The average Bonchev–Trinajstić information content (AvgIpc) is 2.64. The molecule has 0 saturated carbocycles. The Bertz CT molecular complexity index is 772. The van der Waals surface area contributed by atoms with Crippen LogP contribution in [0.2, 0.25) is 5.02 Å². The lowest BCUT2D eigenvalue weighted by Crippen LogP contribution is -2.52. The summed E-state index contributed by atoms with van der Waals surface area (Å²) < 4.78 is 44.0. The molecule has 5 nitrogen and oxygen atoms in total. The van der Waals surface area contributed by atoms with Crippen molar-refractivity contribution in [3.63, 3.8) is 0 Å². The molecule has 1 saturated heterocycles. The summed E-state index contributed by atoms with van der Waals surface area (Å²) in [6.07, 6.45) is -3.76. The van der Waals surface area contributed by atoms with Crippen molar-refractivity contribution in [1.82, 2.24) is 5.32 Å². The summed E-state index contributed by atoms with van der Waals surface area (Å²) >= 11 is 6.34. The number of halogens is 4. The minimum atomic E-state index is -4.68. The molecule has 0 aliphatic carbocycles. The Kier molecular flexibility index (Phi) is 7.80. The van der Waals surface area contributed by atoms with Crippen molar-refractivity contribution in [2.24, 2.45) is 11.8 Å². The highest BCUT2D eigenvalue weighted by Crippen LogP contribution is 2.32. The first-order valence-corrected chi connectivity index (χ1v) is 10.2. The van der Waals surface area contributed by atoms with Gasteiger partial charge in [0.25, 0.3) is 0 Å². The van der Waals surface area contributed by atoms with E-state index in [4.69, 9.17) is 16.3 Å². The van der Waals surface area contributed by atoms with Crippen LogP contribution < -0.4 is 10.6 Å². The maximum absolute atomic E-state index is 12.9. The summed E-state index contributed by atoms with van der Waals surface area (Å²) in [7, 11) is 0. The highest BCUT2D eigenvalue weighted by atomic mass is 35.5. The van der Waals surface area contributed by atoms with Gasteiger partial charge >= 0.3 is 6.18 Å². The molecule has 1 heterocycles. The van der Waals surface area contributed by atoms with Gasteiger partial charge in [-0.05, 0) is 48.8 Å². The van der Waals surface area contributed by atoms with Crippen LogP contribution >= 0.6 is 11.6 Å². The second-order valence-corrected chi connectivity index (χ2v) is 9.04. The predicted octanol–water partition coefficient (Wildman–Crippen LogP) is 4.69. The van der Waals surface area contributed by atoms with Crippen LogP contribution in [0.25, 0.3) is 0 Å². The largest absolute Gasteiger partial charge is 0.400 e. The van der Waals surface area contributed by atoms with Crippen LogP contribution in [0.15, 0.2) is 18.2 Å². The van der Waals surface area contributed by atoms with Crippen LogP contribution in [-0.2, 0) is 19.7 Å². The normalized spacial score (nSPS) is 17.9. The van der Waals surface area contributed by atoms with Crippen molar-refractivity contribution in [2.45, 2.75) is 58.2 Å². The molecule has 0 bridgehead atoms. The molecule has 1 aliphatic heterocycles. The molecule has 0 radical (unpaired) electrons. The Morgan fingerprint density at radius 1 is 1.13 bits per heavy atom. The number of ether oxygens (including phenoxy) is 1. The zero-order chi connectivity index (χ0) is 22.7. The van der Waals surface area contributed by atoms with E-state index in [1.54, 1.807) is 18.2 Å². The number of hydrogen-bond acceptors (Lipinski definition) is 3. The molecule has 2 rings (SSSR count). The number of alkyl halides is 3. The number of amides is 2. The number of benzene rings is 1. The van der Waals surface area contributed by atoms with E-state index in [1.165, 1.54) is 0 Å². The van der Waals surface area contributed by atoms with Crippen molar-refractivity contribution in [3.8, 4) is 0 Å². The van der Waals surface area contributed by atoms with Gasteiger partial charge in [0, 0.05) is 23.9 Å². The minimum absolute atomic E-state index is 0.189. The molecule has 9 heteroatoms. The van der Waals surface area contributed by atoms with E-state index in [1.807, 2.05) is 20.8 Å². The zero-order valence-corrected chi connectivity index (χ0v) is 18.3. The SMILES string of the molecule is CC(C(=O)NC(C(=O)Nc1ccc(C(C)(C)C)c(Cl)c1)C1CCOCC1)C(F)(F)F. The summed E-state index contributed by atoms with van der Waals surface area (Å²) in [6, 6.07) is 3.98. The smallest absolute Gasteiger partial charge is 0.381 e. The average molecular weight is 449 g/mol. The van der Waals surface area contributed by atoms with E-state index in [-0.39, 0.29) is 11.3 Å². The lowest BCUT2D eigenvalue weighted by Gasteiger charge is -2.31. The van der Waals surface area contributed by atoms with Crippen molar-refractivity contribution < 1.29 is 27.5 Å². The summed E-state index contributed by atoms with van der Waals surface area (Å²) in [6.45, 7) is 7.55. The molecule has 168 valence electrons. The van der Waals surface area contributed by atoms with Crippen molar-refractivity contribution in [1.29, 1.82) is 0 Å². The second kappa shape index (κ2) is 9.56. The van der Waals surface area contributed by atoms with E-state index < -0.39 is 30.0 Å². The molecule has 1 aliphatic rings. The molecule has 2 atom stereocenters. The second-order valence-electron chi connectivity index (χ2n) is 8.63. The lowest BCUT2D eigenvalue weighted by molar-refractivity contribution is -0.179. The van der Waals surface area contributed by atoms with Gasteiger partial charge in [0.05, 0.1) is 0 Å². The highest BCUT2D eigenvalue weighted by molar-refractivity contribution is 6.31. The van der Waals surface area contributed by atoms with E-state index in [0.717, 1.165) is 12.5 Å². The van der Waals surface area contributed by atoms with E-state index in [2.05, 4.69) is 10.6 Å². The highest BCUT2D eigenvalue weighted by Gasteiger charge is 2.43. The first-order chi connectivity index (χ1) is 13.8. The zero-order valence-electron chi connectivity index (χ0n) is 17.5. The molecule has 0 spiro atoms. The topological polar surface area (TPSA) is 67.4 Å². The van der Waals surface area contributed by atoms with Gasteiger partial charge in [0.2, 0.25) is 11.8 Å². The number of carbonyl (C=O) groups is 2. The van der Waals surface area contributed by atoms with E-state index in [0.29, 0.717) is 36.8 Å². The standard InChI is InChI=1S/C21H28ClF3N2O3/c1-12(21(23,24)25)18(28)27-17(13-7-9-30-10-8-13)19(29)26-14-5-6-15(16(22)11-14)20(2,3)4/h5-6,11-13,17H,7-10H2,1-4H3,(H,26,29)(H,27,28). The number of anilines is 1. The lowest BCUT2D eigenvalue weighted by atomic mass is 9.87. The van der Waals surface area contributed by atoms with E-state index >= 15 is 0 Å². The monoisotopic (exact) mass is 448 g/mol. The third kappa shape index (κ3) is 6.35. The molecule has 0 aromatic heterocycles. The molecule has 30 heavy (non-hydrogen) atoms. The fourth-order valence-corrected chi connectivity index (χ4v) is 3.76. The number of carbonyl (C=O) groups excluding carboxylic acids is 2. The molecule has 1 fully saturated rings. The Morgan fingerprint density at radius 2 is 1.73 bits per heavy atom. The fraction of sp³-hybridized carbons (Fsp3) is 0.619. The molecule has 1 aromatic rings. The molecular formula is C21H28ClF3N2O3. The van der Waals surface area contributed by atoms with Crippen LogP contribution in [-0.4, -0.2) is 37.2 Å². The number of hydrogen-bond donors (Lipinski definition) is 2. The third-order valence-corrected chi connectivity index (χ3v) is 5.56. The first-order valence-electron chi connectivity index (χ1n) is 9.86. The predicted molar refractivity (Wildman–Crippen MR) is 109 cm³/mol. The number of nitrogens with one attached hydrogen (secondary N) is 2. The third-order valence-electron chi connectivity index (χ3n) is 5.25. The van der Waals surface area contributed by atoms with Crippen LogP contribution in [0.5, 0.6) is 0 Å². The Labute approximate surface area is 179 Å². The van der Waals surface area contributed by atoms with Gasteiger partial charge in [-0.1, -0.05) is 38.4 Å².